The van der Waals surface area contributed by atoms with Gasteiger partial charge in [-0.1, -0.05) is 29.8 Å². The van der Waals surface area contributed by atoms with Crippen molar-refractivity contribution in [3.05, 3.63) is 99.8 Å². The molecule has 3 aromatic carbocycles. The Bertz CT molecular complexity index is 2100. The molecule has 2 aliphatic rings. The molecule has 3 heterocycles. The Morgan fingerprint density at radius 2 is 1.56 bits per heavy atom. The second-order valence-corrected chi connectivity index (χ2v) is 16.4. The molecule has 0 saturated carbocycles. The van der Waals surface area contributed by atoms with Gasteiger partial charge in [0.1, 0.15) is 47.8 Å². The molecule has 2 fully saturated rings. The van der Waals surface area contributed by atoms with Crippen molar-refractivity contribution in [3.8, 4) is 40.2 Å². The molecule has 0 spiro atoms. The van der Waals surface area contributed by atoms with Gasteiger partial charge in [0.2, 0.25) is 0 Å². The molecule has 0 radical (unpaired) electrons. The van der Waals surface area contributed by atoms with Gasteiger partial charge in [-0.05, 0) is 86.1 Å². The molecule has 2 saturated heterocycles. The first-order valence-corrected chi connectivity index (χ1v) is 21.1. The van der Waals surface area contributed by atoms with E-state index < -0.39 is 18.1 Å². The van der Waals surface area contributed by atoms with Gasteiger partial charge in [-0.15, -0.1) is 0 Å². The van der Waals surface area contributed by atoms with Crippen molar-refractivity contribution in [3.63, 3.8) is 0 Å². The average Bonchev–Trinajstić information content (AvgIpc) is 3.88. The molecule has 0 unspecified atom stereocenters. The number of nitrogens with zero attached hydrogens (tertiary/aromatic N) is 4. The molecule has 4 aromatic rings. The third-order valence-corrected chi connectivity index (χ3v) is 11.5. The number of nitrogens with one attached hydrogen (secondary N) is 1. The van der Waals surface area contributed by atoms with Gasteiger partial charge in [0.15, 0.2) is 0 Å². The molecular formula is C46H56ClN5O9. The molecule has 15 heteroatoms. The zero-order chi connectivity index (χ0) is 43.4. The Morgan fingerprint density at radius 1 is 0.902 bits per heavy atom. The average molecular weight is 858 g/mol. The number of rotatable bonds is 22. The third kappa shape index (κ3) is 12.8. The van der Waals surface area contributed by atoms with Crippen molar-refractivity contribution in [2.75, 3.05) is 59.1 Å². The largest absolute Gasteiger partial charge is 0.493 e. The summed E-state index contributed by atoms with van der Waals surface area (Å²) in [5, 5.41) is 51.9. The normalized spacial score (nSPS) is 17.8. The lowest BCUT2D eigenvalue weighted by Crippen LogP contribution is -2.52. The predicted octanol–water partition coefficient (Wildman–Crippen LogP) is 5.34. The minimum atomic E-state index is -1.61. The summed E-state index contributed by atoms with van der Waals surface area (Å²) in [5.41, 5.74) is 3.76. The molecule has 6 rings (SSSR count). The summed E-state index contributed by atoms with van der Waals surface area (Å²) in [7, 11) is 0. The zero-order valence-corrected chi connectivity index (χ0v) is 35.6. The van der Waals surface area contributed by atoms with Crippen LogP contribution < -0.4 is 24.3 Å². The third-order valence-electron chi connectivity index (χ3n) is 11.2. The molecule has 0 bridgehead atoms. The number of hydrogen-bond donors (Lipinski definition) is 5. The molecule has 14 nitrogen and oxygen atoms in total. The van der Waals surface area contributed by atoms with E-state index in [9.17, 15) is 30.5 Å². The van der Waals surface area contributed by atoms with E-state index in [2.05, 4.69) is 26.2 Å². The summed E-state index contributed by atoms with van der Waals surface area (Å²) < 4.78 is 25.1. The first kappa shape index (κ1) is 45.5. The molecule has 326 valence electrons. The van der Waals surface area contributed by atoms with E-state index in [4.69, 9.17) is 30.5 Å². The number of ether oxygens (including phenoxy) is 4. The van der Waals surface area contributed by atoms with E-state index in [1.165, 1.54) is 13.1 Å². The lowest BCUT2D eigenvalue weighted by molar-refractivity contribution is -0.145. The van der Waals surface area contributed by atoms with Crippen molar-refractivity contribution >= 4 is 17.6 Å². The van der Waals surface area contributed by atoms with Crippen molar-refractivity contribution in [1.82, 2.24) is 20.1 Å². The van der Waals surface area contributed by atoms with Crippen LogP contribution in [0.2, 0.25) is 5.02 Å². The highest BCUT2D eigenvalue weighted by atomic mass is 35.5. The number of carboxylic acid groups (broad SMARTS) is 1. The Kier molecular flexibility index (Phi) is 16.2. The second kappa shape index (κ2) is 21.7. The molecular weight excluding hydrogens is 802 g/mol. The van der Waals surface area contributed by atoms with Gasteiger partial charge in [0.05, 0.1) is 42.6 Å². The number of likely N-dealkylation sites (tertiary alicyclic amines) is 2. The monoisotopic (exact) mass is 857 g/mol. The van der Waals surface area contributed by atoms with Gasteiger partial charge >= 0.3 is 5.97 Å². The maximum atomic E-state index is 11.9. The van der Waals surface area contributed by atoms with Crippen LogP contribution in [0.25, 0.3) is 11.1 Å². The minimum Gasteiger partial charge on any atom is -0.493 e. The lowest BCUT2D eigenvalue weighted by atomic mass is 9.96. The predicted molar refractivity (Wildman–Crippen MR) is 230 cm³/mol. The van der Waals surface area contributed by atoms with Crippen LogP contribution in [0.4, 0.5) is 0 Å². The van der Waals surface area contributed by atoms with E-state index in [0.29, 0.717) is 66.0 Å². The highest BCUT2D eigenvalue weighted by Crippen LogP contribution is 2.36. The standard InChI is InChI=1S/C46H56ClN5O9/c1-31-34(29-61-44-21-43(60-28-33-16-32(22-48)23-49-24-33)36(19-42(44)47)25-50-46(2,30-53)45(56)57)6-3-7-41(31)35-17-39(58-14-4-10-51-12-8-37(54)26-51)20-40(18-35)59-15-5-11-52-13-9-38(55)27-52/h3,6-7,16-21,23-24,37-38,50,53-55H,4-5,8-15,25-30H2,1-2H3,(H,56,57)/t37-,38-,46+/m1/s1. The van der Waals surface area contributed by atoms with Gasteiger partial charge in [0.25, 0.3) is 0 Å². The Morgan fingerprint density at radius 3 is 2.15 bits per heavy atom. The van der Waals surface area contributed by atoms with Crippen LogP contribution in [0, 0.1) is 18.3 Å². The van der Waals surface area contributed by atoms with Crippen LogP contribution in [0.15, 0.2) is 67.0 Å². The fraction of sp³-hybridized carbons (Fsp3) is 0.457. The quantitative estimate of drug-likeness (QED) is 0.0638. The minimum absolute atomic E-state index is 0.00989. The molecule has 0 aliphatic carbocycles. The highest BCUT2D eigenvalue weighted by Gasteiger charge is 2.32. The topological polar surface area (TPSA) is 190 Å². The number of aliphatic carboxylic acids is 1. The SMILES string of the molecule is Cc1c(COc2cc(OCc3cncc(C#N)c3)c(CN[C@@](C)(CO)C(=O)O)cc2Cl)cccc1-c1cc(OCCCN2CC[C@@H](O)C2)cc(OCCCN2CC[C@@H](O)C2)c1. The van der Waals surface area contributed by atoms with E-state index in [0.717, 1.165) is 74.1 Å². The van der Waals surface area contributed by atoms with Crippen LogP contribution in [-0.4, -0.2) is 118 Å². The maximum absolute atomic E-state index is 11.9. The summed E-state index contributed by atoms with van der Waals surface area (Å²) in [6.07, 6.45) is 5.79. The summed E-state index contributed by atoms with van der Waals surface area (Å²) in [6, 6.07) is 19.0. The summed E-state index contributed by atoms with van der Waals surface area (Å²) >= 11 is 6.79. The van der Waals surface area contributed by atoms with Crippen molar-refractivity contribution in [2.45, 2.75) is 77.0 Å². The second-order valence-electron chi connectivity index (χ2n) is 16.0. The Hall–Kier alpha value is -4.98. The summed E-state index contributed by atoms with van der Waals surface area (Å²) in [5.74, 6) is 0.892. The first-order chi connectivity index (χ1) is 29.4. The van der Waals surface area contributed by atoms with E-state index in [1.54, 1.807) is 24.4 Å². The van der Waals surface area contributed by atoms with E-state index in [-0.39, 0.29) is 37.0 Å². The molecule has 61 heavy (non-hydrogen) atoms. The Labute approximate surface area is 362 Å². The maximum Gasteiger partial charge on any atom is 0.326 e. The van der Waals surface area contributed by atoms with Crippen LogP contribution >= 0.6 is 11.6 Å². The lowest BCUT2D eigenvalue weighted by Gasteiger charge is -2.25. The van der Waals surface area contributed by atoms with Crippen LogP contribution in [0.1, 0.15) is 60.4 Å². The number of nitriles is 1. The number of aliphatic hydroxyl groups excluding tert-OH is 3. The number of β-amino-alcohol motifs (C(OH)–C–C–N with tert-alkyl or cyclic N) is 2. The fourth-order valence-corrected chi connectivity index (χ4v) is 7.67. The number of pyridine rings is 1. The number of aliphatic hydroxyl groups is 3. The first-order valence-electron chi connectivity index (χ1n) is 20.7. The summed E-state index contributed by atoms with van der Waals surface area (Å²) in [4.78, 5) is 20.5. The number of carbonyl (C=O) groups is 1. The number of carboxylic acids is 1. The molecule has 0 amide bonds. The Balaban J connectivity index is 1.19. The zero-order valence-electron chi connectivity index (χ0n) is 34.8. The van der Waals surface area contributed by atoms with E-state index in [1.807, 2.05) is 43.3 Å². The molecule has 5 N–H and O–H groups in total. The highest BCUT2D eigenvalue weighted by molar-refractivity contribution is 6.32. The molecule has 1 aromatic heterocycles. The van der Waals surface area contributed by atoms with Crippen molar-refractivity contribution in [1.29, 1.82) is 5.26 Å². The van der Waals surface area contributed by atoms with Crippen molar-refractivity contribution in [2.24, 2.45) is 0 Å². The number of halogens is 1. The van der Waals surface area contributed by atoms with Gasteiger partial charge in [-0.2, -0.15) is 5.26 Å². The van der Waals surface area contributed by atoms with Crippen molar-refractivity contribution < 1.29 is 44.2 Å². The van der Waals surface area contributed by atoms with Gasteiger partial charge < -0.3 is 49.2 Å². The number of benzene rings is 3. The summed E-state index contributed by atoms with van der Waals surface area (Å²) in [6.45, 7) is 8.95. The van der Waals surface area contributed by atoms with Gasteiger partial charge in [-0.3, -0.25) is 15.1 Å². The van der Waals surface area contributed by atoms with Gasteiger partial charge in [0, 0.05) is 81.5 Å². The molecule has 3 atom stereocenters. The van der Waals surface area contributed by atoms with E-state index >= 15 is 0 Å². The van der Waals surface area contributed by atoms with Crippen LogP contribution in [0.5, 0.6) is 23.0 Å². The van der Waals surface area contributed by atoms with Gasteiger partial charge in [-0.25, -0.2) is 0 Å². The smallest absolute Gasteiger partial charge is 0.326 e. The molecule has 2 aliphatic heterocycles. The van der Waals surface area contributed by atoms with Crippen LogP contribution in [0.3, 0.4) is 0 Å². The number of aromatic nitrogens is 1. The van der Waals surface area contributed by atoms with Crippen LogP contribution in [-0.2, 0) is 24.6 Å². The fourth-order valence-electron chi connectivity index (χ4n) is 7.43. The number of hydrogen-bond acceptors (Lipinski definition) is 13.